The Hall–Kier alpha value is -1.14. The number of nitrogens with one attached hydrogen (secondary N) is 1. The molecular weight excluding hydrogens is 634 g/mol. The molecule has 0 aromatic carbocycles. The lowest BCUT2D eigenvalue weighted by molar-refractivity contribution is -0.151. The van der Waals surface area contributed by atoms with Gasteiger partial charge in [-0.1, -0.05) is 213 Å². The van der Waals surface area contributed by atoms with Crippen molar-refractivity contribution in [2.24, 2.45) is 0 Å². The van der Waals surface area contributed by atoms with Gasteiger partial charge in [0.05, 0.1) is 25.2 Å². The lowest BCUT2D eigenvalue weighted by Crippen LogP contribution is -2.46. The van der Waals surface area contributed by atoms with E-state index < -0.39 is 18.2 Å². The van der Waals surface area contributed by atoms with Gasteiger partial charge in [0.15, 0.2) is 0 Å². The van der Waals surface area contributed by atoms with E-state index in [9.17, 15) is 19.8 Å². The van der Waals surface area contributed by atoms with Gasteiger partial charge in [-0.2, -0.15) is 0 Å². The van der Waals surface area contributed by atoms with Gasteiger partial charge in [0.2, 0.25) is 5.91 Å². The number of amides is 1. The summed E-state index contributed by atoms with van der Waals surface area (Å²) in [5, 5.41) is 23.6. The first kappa shape index (κ1) is 49.9. The van der Waals surface area contributed by atoms with Gasteiger partial charge >= 0.3 is 5.97 Å². The van der Waals surface area contributed by atoms with Crippen LogP contribution in [0.4, 0.5) is 0 Å². The minimum absolute atomic E-state index is 0.0849. The lowest BCUT2D eigenvalue weighted by atomic mass is 10.0. The van der Waals surface area contributed by atoms with Crippen LogP contribution >= 0.6 is 0 Å². The zero-order valence-electron chi connectivity index (χ0n) is 34.5. The monoisotopic (exact) mass is 724 g/mol. The number of aliphatic hydroxyl groups excluding tert-OH is 2. The van der Waals surface area contributed by atoms with E-state index in [1.807, 2.05) is 0 Å². The maximum absolute atomic E-state index is 13.0. The molecule has 6 heteroatoms. The van der Waals surface area contributed by atoms with Crippen molar-refractivity contribution in [2.75, 3.05) is 6.61 Å². The molecule has 0 aliphatic rings. The number of hydrogen-bond donors (Lipinski definition) is 3. The van der Waals surface area contributed by atoms with Crippen LogP contribution in [0.3, 0.4) is 0 Å². The summed E-state index contributed by atoms with van der Waals surface area (Å²) >= 11 is 0. The lowest BCUT2D eigenvalue weighted by Gasteiger charge is -2.24. The number of carbonyl (C=O) groups is 2. The third-order valence-corrected chi connectivity index (χ3v) is 10.7. The highest BCUT2D eigenvalue weighted by Gasteiger charge is 2.24. The first-order valence-corrected chi connectivity index (χ1v) is 22.8. The Balaban J connectivity index is 4.33. The number of hydrogen-bond acceptors (Lipinski definition) is 5. The second-order valence-corrected chi connectivity index (χ2v) is 15.8. The van der Waals surface area contributed by atoms with Crippen LogP contribution in [0, 0.1) is 0 Å². The molecule has 0 rings (SSSR count). The third-order valence-electron chi connectivity index (χ3n) is 10.7. The molecule has 0 aromatic heterocycles. The van der Waals surface area contributed by atoms with Gasteiger partial charge in [-0.3, -0.25) is 9.59 Å². The van der Waals surface area contributed by atoms with E-state index >= 15 is 0 Å². The van der Waals surface area contributed by atoms with Crippen LogP contribution in [0.5, 0.6) is 0 Å². The number of esters is 1. The van der Waals surface area contributed by atoms with Crippen LogP contribution in [-0.4, -0.2) is 46.9 Å². The second-order valence-electron chi connectivity index (χ2n) is 15.8. The van der Waals surface area contributed by atoms with E-state index in [4.69, 9.17) is 4.74 Å². The van der Waals surface area contributed by atoms with E-state index in [2.05, 4.69) is 26.1 Å². The normalized spacial score (nSPS) is 13.3. The van der Waals surface area contributed by atoms with Crippen LogP contribution in [-0.2, 0) is 14.3 Å². The molecule has 0 saturated heterocycles. The molecule has 3 N–H and O–H groups in total. The van der Waals surface area contributed by atoms with Gasteiger partial charge in [-0.25, -0.2) is 0 Å². The largest absolute Gasteiger partial charge is 0.462 e. The van der Waals surface area contributed by atoms with Crippen molar-refractivity contribution in [2.45, 2.75) is 270 Å². The van der Waals surface area contributed by atoms with Gasteiger partial charge in [-0.15, -0.1) is 0 Å². The molecule has 0 heterocycles. The van der Waals surface area contributed by atoms with Crippen molar-refractivity contribution < 1.29 is 24.5 Å². The molecule has 0 bridgehead atoms. The molecule has 0 fully saturated rings. The molecule has 3 unspecified atom stereocenters. The van der Waals surface area contributed by atoms with E-state index in [1.165, 1.54) is 161 Å². The van der Waals surface area contributed by atoms with Crippen molar-refractivity contribution in [3.05, 3.63) is 0 Å². The molecular formula is C45H89NO5. The van der Waals surface area contributed by atoms with E-state index in [-0.39, 0.29) is 24.9 Å². The summed E-state index contributed by atoms with van der Waals surface area (Å²) in [5.74, 6) is -0.468. The topological polar surface area (TPSA) is 95.9 Å². The molecule has 3 atom stereocenters. The van der Waals surface area contributed by atoms with Crippen LogP contribution in [0.2, 0.25) is 0 Å². The summed E-state index contributed by atoms with van der Waals surface area (Å²) in [4.78, 5) is 25.8. The number of carbonyl (C=O) groups excluding carboxylic acids is 2. The zero-order chi connectivity index (χ0) is 37.5. The molecule has 1 amide bonds. The smallest absolute Gasteiger partial charge is 0.306 e. The Morgan fingerprint density at radius 2 is 0.824 bits per heavy atom. The second kappa shape index (κ2) is 40.1. The van der Waals surface area contributed by atoms with Crippen molar-refractivity contribution in [1.29, 1.82) is 0 Å². The molecule has 0 spiro atoms. The first-order valence-electron chi connectivity index (χ1n) is 22.8. The van der Waals surface area contributed by atoms with Gasteiger partial charge < -0.3 is 20.3 Å². The summed E-state index contributed by atoms with van der Waals surface area (Å²) in [6.45, 7) is 6.44. The predicted octanol–water partition coefficient (Wildman–Crippen LogP) is 12.8. The fourth-order valence-corrected chi connectivity index (χ4v) is 7.20. The highest BCUT2D eigenvalue weighted by molar-refractivity contribution is 5.77. The molecule has 304 valence electrons. The van der Waals surface area contributed by atoms with Crippen molar-refractivity contribution in [1.82, 2.24) is 5.32 Å². The molecule has 0 aliphatic heterocycles. The Labute approximate surface area is 317 Å². The molecule has 0 aromatic rings. The number of aliphatic hydroxyl groups is 2. The van der Waals surface area contributed by atoms with Crippen molar-refractivity contribution in [3.63, 3.8) is 0 Å². The summed E-state index contributed by atoms with van der Waals surface area (Å²) in [7, 11) is 0. The number of rotatable bonds is 41. The summed E-state index contributed by atoms with van der Waals surface area (Å²) in [5.41, 5.74) is 0. The van der Waals surface area contributed by atoms with E-state index in [1.54, 1.807) is 0 Å². The number of unbranched alkanes of at least 4 members (excludes halogenated alkanes) is 29. The third kappa shape index (κ3) is 35.6. The minimum Gasteiger partial charge on any atom is -0.462 e. The Kier molecular flexibility index (Phi) is 39.2. The Bertz CT molecular complexity index is 731. The van der Waals surface area contributed by atoms with Gasteiger partial charge in [0.25, 0.3) is 0 Å². The fourth-order valence-electron chi connectivity index (χ4n) is 7.20. The SMILES string of the molecule is CCCCCCCCCCCCCCCCCCC(O)C(CO)NC(=O)CC(CCCCCCCCC)OC(=O)CCCCCCCCCCC. The molecule has 51 heavy (non-hydrogen) atoms. The van der Waals surface area contributed by atoms with Crippen LogP contribution < -0.4 is 5.32 Å². The summed E-state index contributed by atoms with van der Waals surface area (Å²) < 4.78 is 5.85. The van der Waals surface area contributed by atoms with Crippen molar-refractivity contribution >= 4 is 11.9 Å². The average molecular weight is 724 g/mol. The highest BCUT2D eigenvalue weighted by atomic mass is 16.5. The highest BCUT2D eigenvalue weighted by Crippen LogP contribution is 2.18. The summed E-state index contributed by atoms with van der Waals surface area (Å²) in [6.07, 6.45) is 40.3. The maximum Gasteiger partial charge on any atom is 0.306 e. The van der Waals surface area contributed by atoms with Gasteiger partial charge in [0.1, 0.15) is 6.10 Å². The predicted molar refractivity (Wildman–Crippen MR) is 218 cm³/mol. The molecule has 0 saturated carbocycles. The van der Waals surface area contributed by atoms with Gasteiger partial charge in [-0.05, 0) is 25.7 Å². The van der Waals surface area contributed by atoms with E-state index in [0.717, 1.165) is 44.9 Å². The zero-order valence-corrected chi connectivity index (χ0v) is 34.5. The molecule has 0 aliphatic carbocycles. The van der Waals surface area contributed by atoms with Crippen molar-refractivity contribution in [3.8, 4) is 0 Å². The number of ether oxygens (including phenoxy) is 1. The van der Waals surface area contributed by atoms with Crippen LogP contribution in [0.15, 0.2) is 0 Å². The molecule has 6 nitrogen and oxygen atoms in total. The van der Waals surface area contributed by atoms with Crippen LogP contribution in [0.25, 0.3) is 0 Å². The van der Waals surface area contributed by atoms with Gasteiger partial charge in [0, 0.05) is 6.42 Å². The average Bonchev–Trinajstić information content (AvgIpc) is 3.12. The Morgan fingerprint density at radius 1 is 0.490 bits per heavy atom. The summed E-state index contributed by atoms with van der Waals surface area (Å²) in [6, 6.07) is -0.689. The fraction of sp³-hybridized carbons (Fsp3) is 0.956. The molecule has 0 radical (unpaired) electrons. The van der Waals surface area contributed by atoms with Crippen LogP contribution in [0.1, 0.15) is 252 Å². The first-order chi connectivity index (χ1) is 25.0. The maximum atomic E-state index is 13.0. The van der Waals surface area contributed by atoms with E-state index in [0.29, 0.717) is 19.3 Å². The standard InChI is InChI=1S/C45H89NO5/c1-4-7-10-13-16-18-19-20-21-22-23-24-26-28-31-34-37-43(48)42(40-47)46-44(49)39-41(36-33-30-27-15-12-9-6-3)51-45(50)38-35-32-29-25-17-14-11-8-5-2/h41-43,47-48H,4-40H2,1-3H3,(H,46,49). The quantitative estimate of drug-likeness (QED) is 0.0431. The minimum atomic E-state index is -0.777. The Morgan fingerprint density at radius 3 is 1.20 bits per heavy atom.